The van der Waals surface area contributed by atoms with Gasteiger partial charge in [-0.2, -0.15) is 13.2 Å². The zero-order valence-corrected chi connectivity index (χ0v) is 14.8. The Balaban J connectivity index is 1.96. The molecule has 5 rings (SSSR count). The van der Waals surface area contributed by atoms with E-state index < -0.39 is 23.1 Å². The maximum Gasteiger partial charge on any atom is 0.419 e. The van der Waals surface area contributed by atoms with Gasteiger partial charge in [-0.25, -0.2) is 4.39 Å². The Morgan fingerprint density at radius 3 is 2.32 bits per heavy atom. The van der Waals surface area contributed by atoms with E-state index in [2.05, 4.69) is 15.4 Å². The van der Waals surface area contributed by atoms with Crippen molar-refractivity contribution in [2.75, 3.05) is 0 Å². The molecule has 0 spiro atoms. The van der Waals surface area contributed by atoms with Crippen LogP contribution in [0, 0.1) is 5.82 Å². The van der Waals surface area contributed by atoms with E-state index in [0.717, 1.165) is 10.1 Å². The van der Waals surface area contributed by atoms with E-state index in [4.69, 9.17) is 0 Å². The van der Waals surface area contributed by atoms with Crippen LogP contribution in [0.1, 0.15) is 5.56 Å². The Morgan fingerprint density at radius 2 is 1.57 bits per heavy atom. The minimum atomic E-state index is -4.72. The Kier molecular flexibility index (Phi) is 3.60. The molecule has 5 aromatic rings. The van der Waals surface area contributed by atoms with Gasteiger partial charge in [0.25, 0.3) is 0 Å². The number of alkyl halides is 3. The highest BCUT2D eigenvalue weighted by Crippen LogP contribution is 2.44. The molecule has 8 heteroatoms. The summed E-state index contributed by atoms with van der Waals surface area (Å²) < 4.78 is 57.9. The number of hydrogen-bond acceptors (Lipinski definition) is 4. The van der Waals surface area contributed by atoms with Gasteiger partial charge < -0.3 is 0 Å². The fourth-order valence-electron chi connectivity index (χ4n) is 3.42. The predicted molar refractivity (Wildman–Crippen MR) is 101 cm³/mol. The highest BCUT2D eigenvalue weighted by atomic mass is 32.1. The third-order valence-electron chi connectivity index (χ3n) is 4.59. The summed E-state index contributed by atoms with van der Waals surface area (Å²) in [4.78, 5) is 0.531. The minimum Gasteiger partial charge on any atom is -0.205 e. The van der Waals surface area contributed by atoms with Gasteiger partial charge in [-0.1, -0.05) is 42.5 Å². The van der Waals surface area contributed by atoms with Crippen LogP contribution in [0.4, 0.5) is 17.6 Å². The molecule has 0 bridgehead atoms. The van der Waals surface area contributed by atoms with E-state index >= 15 is 4.39 Å². The molecule has 0 radical (unpaired) electrons. The van der Waals surface area contributed by atoms with Gasteiger partial charge in [-0.3, -0.25) is 0 Å². The summed E-state index contributed by atoms with van der Waals surface area (Å²) in [5, 5.41) is 11.3. The molecule has 3 aromatic carbocycles. The van der Waals surface area contributed by atoms with E-state index in [-0.39, 0.29) is 21.9 Å². The lowest BCUT2D eigenvalue weighted by Gasteiger charge is -2.15. The summed E-state index contributed by atoms with van der Waals surface area (Å²) in [5.41, 5.74) is -1.48. The number of thiophene rings is 1. The molecule has 0 aliphatic rings. The van der Waals surface area contributed by atoms with Crippen LogP contribution >= 0.6 is 11.3 Å². The van der Waals surface area contributed by atoms with Gasteiger partial charge in [0.15, 0.2) is 0 Å². The van der Waals surface area contributed by atoms with Gasteiger partial charge in [0, 0.05) is 10.1 Å². The Hall–Kier alpha value is -3.13. The quantitative estimate of drug-likeness (QED) is 0.248. The van der Waals surface area contributed by atoms with Crippen LogP contribution in [-0.2, 0) is 6.18 Å². The Labute approximate surface area is 159 Å². The molecule has 0 N–H and O–H groups in total. The van der Waals surface area contributed by atoms with E-state index in [1.807, 2.05) is 24.3 Å². The van der Waals surface area contributed by atoms with Gasteiger partial charge >= 0.3 is 6.18 Å². The van der Waals surface area contributed by atoms with Crippen molar-refractivity contribution in [2.45, 2.75) is 6.18 Å². The fraction of sp³-hybridized carbons (Fsp3) is 0.0500. The van der Waals surface area contributed by atoms with Gasteiger partial charge in [-0.15, -0.1) is 21.5 Å². The topological polar surface area (TPSA) is 38.7 Å². The number of nitrogens with zero attached hydrogens (tertiary/aromatic N) is 3. The molecule has 138 valence electrons. The second-order valence-electron chi connectivity index (χ2n) is 6.24. The predicted octanol–water partition coefficient (Wildman–Crippen LogP) is 6.22. The maximum atomic E-state index is 15.4. The van der Waals surface area contributed by atoms with E-state index in [1.54, 1.807) is 6.07 Å². The first-order valence-electron chi connectivity index (χ1n) is 8.24. The largest absolute Gasteiger partial charge is 0.419 e. The number of aromatic nitrogens is 3. The standard InChI is InChI=1S/C20H9F4N3S/c21-17-12-7-3-2-6-11(12)16(20(22,23)24)19-15(17)18(25-27-26-19)14-9-10-5-1-4-8-13(10)28-14/h1-9H. The van der Waals surface area contributed by atoms with Gasteiger partial charge in [0.1, 0.15) is 17.0 Å². The average Bonchev–Trinajstić information content (AvgIpc) is 3.11. The summed E-state index contributed by atoms with van der Waals surface area (Å²) in [7, 11) is 0. The molecule has 0 fully saturated rings. The van der Waals surface area contributed by atoms with Crippen LogP contribution < -0.4 is 0 Å². The van der Waals surface area contributed by atoms with Gasteiger partial charge in [0.05, 0.1) is 15.8 Å². The normalized spacial score (nSPS) is 12.3. The highest BCUT2D eigenvalue weighted by Gasteiger charge is 2.37. The molecule has 0 aliphatic heterocycles. The fourth-order valence-corrected chi connectivity index (χ4v) is 4.47. The van der Waals surface area contributed by atoms with Crippen LogP contribution in [0.3, 0.4) is 0 Å². The Morgan fingerprint density at radius 1 is 0.857 bits per heavy atom. The molecular formula is C20H9F4N3S. The lowest BCUT2D eigenvalue weighted by molar-refractivity contribution is -0.135. The first-order chi connectivity index (χ1) is 13.4. The number of fused-ring (bicyclic) bond motifs is 3. The zero-order chi connectivity index (χ0) is 19.5. The summed E-state index contributed by atoms with van der Waals surface area (Å²) >= 11 is 1.31. The van der Waals surface area contributed by atoms with Crippen molar-refractivity contribution in [1.29, 1.82) is 0 Å². The smallest absolute Gasteiger partial charge is 0.205 e. The maximum absolute atomic E-state index is 15.4. The van der Waals surface area contributed by atoms with E-state index in [1.165, 1.54) is 35.6 Å². The van der Waals surface area contributed by atoms with Gasteiger partial charge in [0.2, 0.25) is 0 Å². The highest BCUT2D eigenvalue weighted by molar-refractivity contribution is 7.22. The zero-order valence-electron chi connectivity index (χ0n) is 14.0. The molecule has 0 aliphatic carbocycles. The van der Waals surface area contributed by atoms with Crippen molar-refractivity contribution in [3.05, 3.63) is 66.0 Å². The third kappa shape index (κ3) is 2.45. The summed E-state index contributed by atoms with van der Waals surface area (Å²) in [5.74, 6) is -0.784. The van der Waals surface area contributed by atoms with Crippen molar-refractivity contribution in [1.82, 2.24) is 15.4 Å². The minimum absolute atomic E-state index is 0.0555. The third-order valence-corrected chi connectivity index (χ3v) is 5.72. The van der Waals surface area contributed by atoms with Crippen LogP contribution in [0.25, 0.3) is 42.3 Å². The second-order valence-corrected chi connectivity index (χ2v) is 7.33. The van der Waals surface area contributed by atoms with Crippen molar-refractivity contribution in [2.24, 2.45) is 0 Å². The average molecular weight is 399 g/mol. The Bertz CT molecular complexity index is 1340. The monoisotopic (exact) mass is 399 g/mol. The molecule has 0 unspecified atom stereocenters. The molecule has 0 saturated carbocycles. The first kappa shape index (κ1) is 17.0. The molecule has 28 heavy (non-hydrogen) atoms. The molecule has 0 atom stereocenters. The summed E-state index contributed by atoms with van der Waals surface area (Å²) in [6.45, 7) is 0. The van der Waals surface area contributed by atoms with Crippen molar-refractivity contribution < 1.29 is 17.6 Å². The second kappa shape index (κ2) is 5.93. The molecule has 2 heterocycles. The van der Waals surface area contributed by atoms with Crippen LogP contribution in [0.5, 0.6) is 0 Å². The lowest BCUT2D eigenvalue weighted by atomic mass is 9.98. The summed E-state index contributed by atoms with van der Waals surface area (Å²) in [6.07, 6.45) is -4.72. The SMILES string of the molecule is Fc1c2ccccc2c(C(F)(F)F)c2nnnc(-c3cc4ccccc4s3)c12. The van der Waals surface area contributed by atoms with E-state index in [9.17, 15) is 13.2 Å². The van der Waals surface area contributed by atoms with Crippen molar-refractivity contribution in [3.8, 4) is 10.6 Å². The van der Waals surface area contributed by atoms with Crippen LogP contribution in [-0.4, -0.2) is 15.4 Å². The van der Waals surface area contributed by atoms with Crippen molar-refractivity contribution >= 4 is 43.1 Å². The lowest BCUT2D eigenvalue weighted by Crippen LogP contribution is -2.10. The van der Waals surface area contributed by atoms with Crippen LogP contribution in [0.2, 0.25) is 0 Å². The number of rotatable bonds is 1. The van der Waals surface area contributed by atoms with E-state index in [0.29, 0.717) is 4.88 Å². The molecule has 3 nitrogen and oxygen atoms in total. The van der Waals surface area contributed by atoms with Crippen LogP contribution in [0.15, 0.2) is 54.6 Å². The number of halogens is 4. The molecule has 0 saturated heterocycles. The molecular weight excluding hydrogens is 390 g/mol. The number of hydrogen-bond donors (Lipinski definition) is 0. The first-order valence-corrected chi connectivity index (χ1v) is 9.06. The van der Waals surface area contributed by atoms with Gasteiger partial charge in [-0.05, 0) is 28.1 Å². The summed E-state index contributed by atoms with van der Waals surface area (Å²) in [6, 6.07) is 14.7. The molecule has 0 amide bonds. The van der Waals surface area contributed by atoms with Crippen molar-refractivity contribution in [3.63, 3.8) is 0 Å². The number of benzene rings is 3. The molecule has 2 aromatic heterocycles.